The van der Waals surface area contributed by atoms with Crippen molar-refractivity contribution in [2.75, 3.05) is 9.80 Å². The highest BCUT2D eigenvalue weighted by Gasteiger charge is 2.28. The molecular weight excluding hydrogens is 611 g/mol. The topological polar surface area (TPSA) is 20.6 Å². The van der Waals surface area contributed by atoms with Crippen molar-refractivity contribution in [1.82, 2.24) is 4.57 Å². The van der Waals surface area contributed by atoms with Gasteiger partial charge >= 0.3 is 0 Å². The smallest absolute Gasteiger partial charge is 0.153 e. The number of fused-ring (bicyclic) bond motifs is 5. The van der Waals surface area contributed by atoms with Crippen LogP contribution in [0.2, 0.25) is 0 Å². The van der Waals surface area contributed by atoms with Gasteiger partial charge in [-0.15, -0.1) is 0 Å². The lowest BCUT2D eigenvalue weighted by Gasteiger charge is -2.35. The number of allylic oxidation sites excluding steroid dienone is 2. The minimum Gasteiger partial charge on any atom is -0.454 e. The third-order valence-electron chi connectivity index (χ3n) is 9.45. The Hall–Kier alpha value is -6.78. The molecule has 1 aromatic heterocycles. The van der Waals surface area contributed by atoms with Gasteiger partial charge in [-0.25, -0.2) is 0 Å². The van der Waals surface area contributed by atoms with Crippen LogP contribution in [0.1, 0.15) is 0 Å². The molecule has 1 aliphatic heterocycles. The van der Waals surface area contributed by atoms with Gasteiger partial charge in [-0.3, -0.25) is 0 Å². The highest BCUT2D eigenvalue weighted by Crippen LogP contribution is 2.48. The van der Waals surface area contributed by atoms with Crippen molar-refractivity contribution < 1.29 is 4.74 Å². The van der Waals surface area contributed by atoms with E-state index >= 15 is 0 Å². The van der Waals surface area contributed by atoms with E-state index in [2.05, 4.69) is 173 Å². The molecule has 0 spiro atoms. The number of rotatable bonds is 6. The van der Waals surface area contributed by atoms with E-state index in [0.717, 1.165) is 51.0 Å². The van der Waals surface area contributed by atoms with E-state index in [1.165, 1.54) is 27.2 Å². The van der Waals surface area contributed by atoms with Gasteiger partial charge in [0.25, 0.3) is 0 Å². The van der Waals surface area contributed by atoms with Gasteiger partial charge in [0.2, 0.25) is 0 Å². The molecule has 50 heavy (non-hydrogen) atoms. The molecule has 0 radical (unpaired) electrons. The van der Waals surface area contributed by atoms with E-state index in [9.17, 15) is 0 Å². The maximum atomic E-state index is 6.47. The number of hydrogen-bond donors (Lipinski definition) is 0. The molecule has 0 aliphatic carbocycles. The van der Waals surface area contributed by atoms with E-state index in [1.54, 1.807) is 6.08 Å². The molecule has 0 unspecified atom stereocenters. The number of ether oxygens (including phenoxy) is 1. The van der Waals surface area contributed by atoms with Crippen molar-refractivity contribution in [2.24, 2.45) is 0 Å². The Bertz CT molecular complexity index is 2560. The van der Waals surface area contributed by atoms with Crippen LogP contribution in [0, 0.1) is 0 Å². The van der Waals surface area contributed by atoms with Gasteiger partial charge in [-0.2, -0.15) is 0 Å². The summed E-state index contributed by atoms with van der Waals surface area (Å²) in [5.41, 5.74) is 9.36. The summed E-state index contributed by atoms with van der Waals surface area (Å²) >= 11 is 0. The van der Waals surface area contributed by atoms with Gasteiger partial charge in [-0.1, -0.05) is 110 Å². The summed E-state index contributed by atoms with van der Waals surface area (Å²) in [5, 5.41) is 4.83. The number of nitrogens with zero attached hydrogens (tertiary/aromatic N) is 3. The molecule has 2 heterocycles. The van der Waals surface area contributed by atoms with E-state index in [-0.39, 0.29) is 0 Å². The number of para-hydroxylation sites is 3. The normalized spacial score (nSPS) is 13.5. The van der Waals surface area contributed by atoms with Crippen molar-refractivity contribution in [3.63, 3.8) is 0 Å². The molecule has 0 N–H and O–H groups in total. The molecule has 9 rings (SSSR count). The Labute approximate surface area is 291 Å². The average Bonchev–Trinajstić information content (AvgIpc) is 3.50. The highest BCUT2D eigenvalue weighted by molar-refractivity contribution is 6.09. The molecule has 0 amide bonds. The summed E-state index contributed by atoms with van der Waals surface area (Å²) < 4.78 is 8.82. The first-order valence-corrected chi connectivity index (χ1v) is 16.8. The van der Waals surface area contributed by atoms with Crippen LogP contribution in [0.25, 0.3) is 38.3 Å². The first-order valence-electron chi connectivity index (χ1n) is 16.8. The standard InChI is InChI=1S/C46H33N3O/c1-3-14-41-32(2)50-46-31-37(29-30-45(46)48(41)34-17-5-4-6-18-34)47(42-24-13-16-33-15-7-8-19-38(33)42)35-25-27-36(28-26-35)49-43-22-11-9-20-39(43)40-21-10-12-23-44(40)49/h3-31H,1-2H2. The summed E-state index contributed by atoms with van der Waals surface area (Å²) in [6.07, 6.45) is 3.71. The van der Waals surface area contributed by atoms with E-state index in [1.807, 2.05) is 24.3 Å². The molecule has 7 aromatic carbocycles. The summed E-state index contributed by atoms with van der Waals surface area (Å²) in [5.74, 6) is 1.29. The Morgan fingerprint density at radius 1 is 0.560 bits per heavy atom. The zero-order valence-corrected chi connectivity index (χ0v) is 27.4. The van der Waals surface area contributed by atoms with E-state index in [0.29, 0.717) is 5.76 Å². The van der Waals surface area contributed by atoms with Crippen molar-refractivity contribution in [3.05, 3.63) is 201 Å². The zero-order valence-electron chi connectivity index (χ0n) is 27.4. The summed E-state index contributed by atoms with van der Waals surface area (Å²) in [7, 11) is 0. The van der Waals surface area contributed by atoms with Gasteiger partial charge in [0, 0.05) is 39.3 Å². The largest absolute Gasteiger partial charge is 0.454 e. The second-order valence-corrected chi connectivity index (χ2v) is 12.4. The van der Waals surface area contributed by atoms with E-state index < -0.39 is 0 Å². The van der Waals surface area contributed by atoms with Crippen LogP contribution in [0.3, 0.4) is 0 Å². The molecule has 0 saturated carbocycles. The Balaban J connectivity index is 1.21. The van der Waals surface area contributed by atoms with Gasteiger partial charge in [0.15, 0.2) is 5.75 Å². The van der Waals surface area contributed by atoms with Crippen LogP contribution >= 0.6 is 0 Å². The molecule has 0 saturated heterocycles. The van der Waals surface area contributed by atoms with Crippen molar-refractivity contribution >= 4 is 61.0 Å². The fourth-order valence-corrected chi connectivity index (χ4v) is 7.26. The molecule has 0 bridgehead atoms. The summed E-state index contributed by atoms with van der Waals surface area (Å²) in [6.45, 7) is 8.25. The molecule has 8 aromatic rings. The second-order valence-electron chi connectivity index (χ2n) is 12.4. The number of aromatic nitrogens is 1. The van der Waals surface area contributed by atoms with Crippen LogP contribution in [0.4, 0.5) is 28.4 Å². The maximum absolute atomic E-state index is 6.47. The quantitative estimate of drug-likeness (QED) is 0.180. The van der Waals surface area contributed by atoms with Crippen molar-refractivity contribution in [2.45, 2.75) is 0 Å². The summed E-state index contributed by atoms with van der Waals surface area (Å²) in [6, 6.07) is 57.8. The third-order valence-corrected chi connectivity index (χ3v) is 9.45. The minimum absolute atomic E-state index is 0.561. The maximum Gasteiger partial charge on any atom is 0.153 e. The molecular formula is C46H33N3O. The average molecular weight is 644 g/mol. The molecule has 4 heteroatoms. The zero-order chi connectivity index (χ0) is 33.6. The van der Waals surface area contributed by atoms with Gasteiger partial charge in [0.05, 0.1) is 33.8 Å². The number of hydrogen-bond acceptors (Lipinski definition) is 3. The second kappa shape index (κ2) is 12.0. The van der Waals surface area contributed by atoms with Crippen LogP contribution in [-0.2, 0) is 0 Å². The van der Waals surface area contributed by atoms with E-state index in [4.69, 9.17) is 4.74 Å². The lowest BCUT2D eigenvalue weighted by atomic mass is 10.1. The Morgan fingerprint density at radius 2 is 1.18 bits per heavy atom. The van der Waals surface area contributed by atoms with Gasteiger partial charge < -0.3 is 19.1 Å². The molecule has 0 fully saturated rings. The fourth-order valence-electron chi connectivity index (χ4n) is 7.26. The Morgan fingerprint density at radius 3 is 1.90 bits per heavy atom. The lowest BCUT2D eigenvalue weighted by Crippen LogP contribution is -2.25. The fraction of sp³-hybridized carbons (Fsp3) is 0. The highest BCUT2D eigenvalue weighted by atomic mass is 16.5. The van der Waals surface area contributed by atoms with Gasteiger partial charge in [-0.05, 0) is 78.2 Å². The van der Waals surface area contributed by atoms with Crippen LogP contribution < -0.4 is 14.5 Å². The minimum atomic E-state index is 0.561. The van der Waals surface area contributed by atoms with Crippen molar-refractivity contribution in [1.29, 1.82) is 0 Å². The molecule has 0 atom stereocenters. The lowest BCUT2D eigenvalue weighted by molar-refractivity contribution is 0.426. The van der Waals surface area contributed by atoms with Gasteiger partial charge in [0.1, 0.15) is 5.76 Å². The predicted molar refractivity (Wildman–Crippen MR) is 210 cm³/mol. The first kappa shape index (κ1) is 29.4. The number of anilines is 5. The van der Waals surface area contributed by atoms with Crippen LogP contribution in [0.5, 0.6) is 5.75 Å². The summed E-state index contributed by atoms with van der Waals surface area (Å²) in [4.78, 5) is 4.49. The third kappa shape index (κ3) is 4.77. The van der Waals surface area contributed by atoms with Crippen LogP contribution in [-0.4, -0.2) is 4.57 Å². The molecule has 238 valence electrons. The molecule has 1 aliphatic rings. The molecule has 4 nitrogen and oxygen atoms in total. The Kier molecular flexibility index (Phi) is 7.07. The SMILES string of the molecule is C=CC=C1C(=C)Oc2cc(N(c3ccc(-n4c5ccccc5c5ccccc54)cc3)c3cccc4ccccc34)ccc2N1c1ccccc1. The van der Waals surface area contributed by atoms with Crippen molar-refractivity contribution in [3.8, 4) is 11.4 Å². The number of benzene rings is 7. The first-order chi connectivity index (χ1) is 24.7. The monoisotopic (exact) mass is 643 g/mol. The van der Waals surface area contributed by atoms with Crippen LogP contribution in [0.15, 0.2) is 201 Å². The predicted octanol–water partition coefficient (Wildman–Crippen LogP) is 12.5.